The fourth-order valence-electron chi connectivity index (χ4n) is 2.06. The summed E-state index contributed by atoms with van der Waals surface area (Å²) in [4.78, 5) is 8.54. The lowest BCUT2D eigenvalue weighted by molar-refractivity contribution is 0.142. The van der Waals surface area contributed by atoms with Crippen LogP contribution in [0.4, 0.5) is 5.95 Å². The average Bonchev–Trinajstić information content (AvgIpc) is 3.05. The van der Waals surface area contributed by atoms with Crippen LogP contribution in [0, 0.1) is 6.92 Å². The van der Waals surface area contributed by atoms with E-state index in [0.29, 0.717) is 0 Å². The third-order valence-electron chi connectivity index (χ3n) is 3.00. The van der Waals surface area contributed by atoms with Crippen LogP contribution >= 0.6 is 0 Å². The normalized spacial score (nSPS) is 10.9. The minimum Gasteiger partial charge on any atom is -0.382 e. The third kappa shape index (κ3) is 4.38. The Labute approximate surface area is 119 Å². The summed E-state index contributed by atoms with van der Waals surface area (Å²) in [5, 5.41) is 3.38. The van der Waals surface area contributed by atoms with Crippen molar-refractivity contribution in [2.75, 3.05) is 25.1 Å². The Morgan fingerprint density at radius 1 is 1.35 bits per heavy atom. The Bertz CT molecular complexity index is 492. The molecule has 0 atom stereocenters. The first-order valence-electron chi connectivity index (χ1n) is 7.10. The SMILES string of the molecule is CCOCCCn1cc(C)nc1NCCn1ccnc1. The molecular formula is C14H23N5O. The lowest BCUT2D eigenvalue weighted by atomic mass is 10.4. The summed E-state index contributed by atoms with van der Waals surface area (Å²) in [6.45, 7) is 8.24. The van der Waals surface area contributed by atoms with Gasteiger partial charge < -0.3 is 19.2 Å². The van der Waals surface area contributed by atoms with Crippen molar-refractivity contribution in [3.05, 3.63) is 30.6 Å². The molecule has 0 aliphatic heterocycles. The molecule has 2 aromatic rings. The van der Waals surface area contributed by atoms with Gasteiger partial charge in [-0.2, -0.15) is 0 Å². The second kappa shape index (κ2) is 7.69. The highest BCUT2D eigenvalue weighted by atomic mass is 16.5. The van der Waals surface area contributed by atoms with Gasteiger partial charge in [0.25, 0.3) is 0 Å². The number of hydrogen-bond donors (Lipinski definition) is 1. The zero-order chi connectivity index (χ0) is 14.2. The minimum absolute atomic E-state index is 0.777. The fourth-order valence-corrected chi connectivity index (χ4v) is 2.06. The first-order chi connectivity index (χ1) is 9.79. The van der Waals surface area contributed by atoms with E-state index in [-0.39, 0.29) is 0 Å². The predicted octanol–water partition coefficient (Wildman–Crippen LogP) is 1.93. The number of nitrogens with one attached hydrogen (secondary N) is 1. The number of aryl methyl sites for hydroxylation is 2. The van der Waals surface area contributed by atoms with Gasteiger partial charge in [0, 0.05) is 51.4 Å². The third-order valence-corrected chi connectivity index (χ3v) is 3.00. The number of imidazole rings is 2. The minimum atomic E-state index is 0.777. The molecule has 0 aliphatic rings. The molecule has 2 aromatic heterocycles. The maximum absolute atomic E-state index is 5.37. The van der Waals surface area contributed by atoms with Gasteiger partial charge in [0.05, 0.1) is 12.0 Å². The predicted molar refractivity (Wildman–Crippen MR) is 78.8 cm³/mol. The van der Waals surface area contributed by atoms with Crippen molar-refractivity contribution in [2.45, 2.75) is 33.4 Å². The summed E-state index contributed by atoms with van der Waals surface area (Å²) in [6.07, 6.45) is 8.65. The van der Waals surface area contributed by atoms with E-state index in [9.17, 15) is 0 Å². The summed E-state index contributed by atoms with van der Waals surface area (Å²) in [6, 6.07) is 0. The maximum atomic E-state index is 5.37. The molecule has 110 valence electrons. The number of ether oxygens (including phenoxy) is 1. The largest absolute Gasteiger partial charge is 0.382 e. The van der Waals surface area contributed by atoms with Crippen LogP contribution in [-0.4, -0.2) is 38.9 Å². The van der Waals surface area contributed by atoms with Crippen molar-refractivity contribution in [1.29, 1.82) is 0 Å². The molecule has 0 aromatic carbocycles. The van der Waals surface area contributed by atoms with Crippen LogP contribution in [0.2, 0.25) is 0 Å². The number of hydrogen-bond acceptors (Lipinski definition) is 4. The van der Waals surface area contributed by atoms with Gasteiger partial charge in [-0.1, -0.05) is 0 Å². The van der Waals surface area contributed by atoms with E-state index >= 15 is 0 Å². The molecule has 0 spiro atoms. The van der Waals surface area contributed by atoms with E-state index in [1.54, 1.807) is 6.20 Å². The van der Waals surface area contributed by atoms with E-state index in [4.69, 9.17) is 4.74 Å². The van der Waals surface area contributed by atoms with Crippen molar-refractivity contribution in [1.82, 2.24) is 19.1 Å². The van der Waals surface area contributed by atoms with Gasteiger partial charge in [0.2, 0.25) is 5.95 Å². The molecule has 0 amide bonds. The molecule has 0 saturated heterocycles. The molecule has 0 saturated carbocycles. The molecule has 20 heavy (non-hydrogen) atoms. The van der Waals surface area contributed by atoms with Crippen molar-refractivity contribution < 1.29 is 4.74 Å². The average molecular weight is 277 g/mol. The number of nitrogens with zero attached hydrogens (tertiary/aromatic N) is 4. The van der Waals surface area contributed by atoms with Crippen LogP contribution in [0.3, 0.4) is 0 Å². The van der Waals surface area contributed by atoms with Crippen LogP contribution in [-0.2, 0) is 17.8 Å². The van der Waals surface area contributed by atoms with E-state index in [1.165, 1.54) is 0 Å². The zero-order valence-corrected chi connectivity index (χ0v) is 12.2. The van der Waals surface area contributed by atoms with Crippen molar-refractivity contribution in [3.63, 3.8) is 0 Å². The zero-order valence-electron chi connectivity index (χ0n) is 12.2. The second-order valence-corrected chi connectivity index (χ2v) is 4.68. The standard InChI is InChI=1S/C14H23N5O/c1-3-20-10-4-7-19-11-13(2)17-14(19)16-6-9-18-8-5-15-12-18/h5,8,11-12H,3-4,6-7,9-10H2,1-2H3,(H,16,17). The van der Waals surface area contributed by atoms with E-state index < -0.39 is 0 Å². The van der Waals surface area contributed by atoms with E-state index in [1.807, 2.05) is 30.9 Å². The topological polar surface area (TPSA) is 56.9 Å². The molecule has 6 heteroatoms. The number of aromatic nitrogens is 4. The van der Waals surface area contributed by atoms with Crippen molar-refractivity contribution >= 4 is 5.95 Å². The van der Waals surface area contributed by atoms with Gasteiger partial charge in [-0.05, 0) is 20.3 Å². The Balaban J connectivity index is 1.80. The maximum Gasteiger partial charge on any atom is 0.203 e. The monoisotopic (exact) mass is 277 g/mol. The first kappa shape index (κ1) is 14.6. The summed E-state index contributed by atoms with van der Waals surface area (Å²) in [5.74, 6) is 0.930. The Morgan fingerprint density at radius 2 is 2.25 bits per heavy atom. The highest BCUT2D eigenvalue weighted by Crippen LogP contribution is 2.09. The quantitative estimate of drug-likeness (QED) is 0.712. The fraction of sp³-hybridized carbons (Fsp3) is 0.571. The summed E-state index contributed by atoms with van der Waals surface area (Å²) in [7, 11) is 0. The van der Waals surface area contributed by atoms with Crippen LogP contribution in [0.25, 0.3) is 0 Å². The van der Waals surface area contributed by atoms with Crippen LogP contribution in [0.15, 0.2) is 24.9 Å². The van der Waals surface area contributed by atoms with Crippen LogP contribution < -0.4 is 5.32 Å². The molecule has 0 fully saturated rings. The highest BCUT2D eigenvalue weighted by Gasteiger charge is 2.04. The molecule has 6 nitrogen and oxygen atoms in total. The number of anilines is 1. The molecule has 1 N–H and O–H groups in total. The van der Waals surface area contributed by atoms with E-state index in [0.717, 1.165) is 50.9 Å². The van der Waals surface area contributed by atoms with Crippen LogP contribution in [0.5, 0.6) is 0 Å². The molecular weight excluding hydrogens is 254 g/mol. The van der Waals surface area contributed by atoms with Gasteiger partial charge in [-0.25, -0.2) is 9.97 Å². The molecule has 0 radical (unpaired) electrons. The van der Waals surface area contributed by atoms with E-state index in [2.05, 4.69) is 26.0 Å². The molecule has 0 aliphatic carbocycles. The molecule has 0 bridgehead atoms. The molecule has 2 heterocycles. The van der Waals surface area contributed by atoms with Gasteiger partial charge in [-0.3, -0.25) is 0 Å². The second-order valence-electron chi connectivity index (χ2n) is 4.68. The first-order valence-corrected chi connectivity index (χ1v) is 7.10. The Hall–Kier alpha value is -1.82. The van der Waals surface area contributed by atoms with Gasteiger partial charge in [0.1, 0.15) is 0 Å². The lowest BCUT2D eigenvalue weighted by Crippen LogP contribution is -2.13. The summed E-state index contributed by atoms with van der Waals surface area (Å²) >= 11 is 0. The smallest absolute Gasteiger partial charge is 0.203 e. The molecule has 2 rings (SSSR count). The summed E-state index contributed by atoms with van der Waals surface area (Å²) < 4.78 is 9.57. The van der Waals surface area contributed by atoms with Gasteiger partial charge in [0.15, 0.2) is 0 Å². The lowest BCUT2D eigenvalue weighted by Gasteiger charge is -2.10. The van der Waals surface area contributed by atoms with Gasteiger partial charge >= 0.3 is 0 Å². The number of rotatable bonds is 9. The molecule has 0 unspecified atom stereocenters. The highest BCUT2D eigenvalue weighted by molar-refractivity contribution is 5.28. The van der Waals surface area contributed by atoms with Crippen LogP contribution in [0.1, 0.15) is 19.0 Å². The Kier molecular flexibility index (Phi) is 5.61. The van der Waals surface area contributed by atoms with Crippen molar-refractivity contribution in [2.24, 2.45) is 0 Å². The summed E-state index contributed by atoms with van der Waals surface area (Å²) in [5.41, 5.74) is 1.03. The van der Waals surface area contributed by atoms with Gasteiger partial charge in [-0.15, -0.1) is 0 Å². The van der Waals surface area contributed by atoms with Crippen molar-refractivity contribution in [3.8, 4) is 0 Å². The Morgan fingerprint density at radius 3 is 3.00 bits per heavy atom.